The molecule has 1 fully saturated rings. The maximum absolute atomic E-state index is 12.5. The molecule has 0 radical (unpaired) electrons. The first-order valence-electron chi connectivity index (χ1n) is 8.40. The molecule has 0 aromatic carbocycles. The first-order valence-corrected chi connectivity index (χ1v) is 8.78. The van der Waals surface area contributed by atoms with E-state index < -0.39 is 5.60 Å². The number of hydrogen-bond acceptors (Lipinski definition) is 5. The number of aromatic nitrogens is 3. The van der Waals surface area contributed by atoms with Gasteiger partial charge in [0.15, 0.2) is 5.82 Å². The molecule has 3 heterocycles. The van der Waals surface area contributed by atoms with Gasteiger partial charge in [0.25, 0.3) is 5.89 Å². The maximum Gasteiger partial charge on any atom is 0.410 e. The van der Waals surface area contributed by atoms with Gasteiger partial charge in [-0.1, -0.05) is 16.8 Å². The molecular formula is C17H23ClN4O3. The van der Waals surface area contributed by atoms with Gasteiger partial charge >= 0.3 is 6.09 Å². The van der Waals surface area contributed by atoms with E-state index in [0.717, 1.165) is 12.8 Å². The summed E-state index contributed by atoms with van der Waals surface area (Å²) < 4.78 is 10.8. The molecule has 0 saturated carbocycles. The van der Waals surface area contributed by atoms with Gasteiger partial charge in [-0.2, -0.15) is 4.98 Å². The fourth-order valence-electron chi connectivity index (χ4n) is 2.89. The van der Waals surface area contributed by atoms with Crippen molar-refractivity contribution in [3.05, 3.63) is 23.1 Å². The van der Waals surface area contributed by atoms with E-state index in [-0.39, 0.29) is 18.1 Å². The summed E-state index contributed by atoms with van der Waals surface area (Å²) in [5, 5.41) is 4.67. The lowest BCUT2D eigenvalue weighted by Crippen LogP contribution is -2.47. The molecule has 136 valence electrons. The number of piperidine rings is 1. The summed E-state index contributed by atoms with van der Waals surface area (Å²) in [5.41, 5.74) is 0.160. The van der Waals surface area contributed by atoms with Crippen LogP contribution >= 0.6 is 11.6 Å². The fourth-order valence-corrected chi connectivity index (χ4v) is 3.06. The van der Waals surface area contributed by atoms with E-state index in [4.69, 9.17) is 20.9 Å². The lowest BCUT2D eigenvalue weighted by Gasteiger charge is -2.37. The minimum Gasteiger partial charge on any atom is -0.444 e. The lowest BCUT2D eigenvalue weighted by atomic mass is 9.93. The third-order valence-electron chi connectivity index (χ3n) is 4.20. The highest BCUT2D eigenvalue weighted by atomic mass is 35.5. The van der Waals surface area contributed by atoms with E-state index in [1.807, 2.05) is 27.7 Å². The van der Waals surface area contributed by atoms with Gasteiger partial charge in [-0.25, -0.2) is 4.79 Å². The number of likely N-dealkylation sites (tertiary alicyclic amines) is 1. The van der Waals surface area contributed by atoms with Crippen LogP contribution in [0.25, 0.3) is 11.6 Å². The molecule has 2 aromatic heterocycles. The van der Waals surface area contributed by atoms with Crippen LogP contribution in [0.1, 0.15) is 52.3 Å². The molecule has 8 heteroatoms. The van der Waals surface area contributed by atoms with Gasteiger partial charge in [-0.15, -0.1) is 0 Å². The van der Waals surface area contributed by atoms with Crippen molar-refractivity contribution in [1.82, 2.24) is 20.0 Å². The smallest absolute Gasteiger partial charge is 0.410 e. The molecule has 2 unspecified atom stereocenters. The fraction of sp³-hybridized carbons (Fsp3) is 0.588. The summed E-state index contributed by atoms with van der Waals surface area (Å²) >= 11 is 5.91. The Kier molecular flexibility index (Phi) is 4.77. The van der Waals surface area contributed by atoms with Crippen molar-refractivity contribution in [2.45, 2.75) is 58.1 Å². The molecule has 1 saturated heterocycles. The SMILES string of the molecule is CC1CCC(c2noc(-c3cc(Cl)c[nH]3)n2)CN1C(=O)OC(C)(C)C. The summed E-state index contributed by atoms with van der Waals surface area (Å²) in [6.45, 7) is 8.14. The lowest BCUT2D eigenvalue weighted by molar-refractivity contribution is 0.00929. The average molecular weight is 367 g/mol. The number of nitrogens with one attached hydrogen (secondary N) is 1. The van der Waals surface area contributed by atoms with Crippen molar-refractivity contribution in [3.8, 4) is 11.6 Å². The van der Waals surface area contributed by atoms with Gasteiger partial charge in [0.2, 0.25) is 0 Å². The zero-order valence-electron chi connectivity index (χ0n) is 14.9. The van der Waals surface area contributed by atoms with E-state index in [1.165, 1.54) is 0 Å². The summed E-state index contributed by atoms with van der Waals surface area (Å²) in [6.07, 6.45) is 3.12. The van der Waals surface area contributed by atoms with Gasteiger partial charge in [0.05, 0.1) is 5.02 Å². The van der Waals surface area contributed by atoms with Crippen LogP contribution < -0.4 is 0 Å². The Bertz CT molecular complexity index is 749. The second kappa shape index (κ2) is 6.71. The van der Waals surface area contributed by atoms with E-state index in [9.17, 15) is 4.79 Å². The Hall–Kier alpha value is -2.02. The number of carbonyl (C=O) groups is 1. The van der Waals surface area contributed by atoms with Crippen LogP contribution in [0.2, 0.25) is 5.02 Å². The van der Waals surface area contributed by atoms with Crippen molar-refractivity contribution >= 4 is 17.7 Å². The predicted molar refractivity (Wildman–Crippen MR) is 93.5 cm³/mol. The molecule has 3 rings (SSSR count). The Morgan fingerprint density at radius 2 is 2.20 bits per heavy atom. The molecule has 2 aromatic rings. The molecule has 1 amide bonds. The number of nitrogens with zero attached hydrogens (tertiary/aromatic N) is 3. The monoisotopic (exact) mass is 366 g/mol. The minimum absolute atomic E-state index is 0.0200. The number of hydrogen-bond donors (Lipinski definition) is 1. The largest absolute Gasteiger partial charge is 0.444 e. The molecule has 1 N–H and O–H groups in total. The second-order valence-electron chi connectivity index (χ2n) is 7.45. The molecule has 0 bridgehead atoms. The Balaban J connectivity index is 1.73. The van der Waals surface area contributed by atoms with E-state index in [1.54, 1.807) is 17.2 Å². The van der Waals surface area contributed by atoms with E-state index in [0.29, 0.717) is 29.0 Å². The van der Waals surface area contributed by atoms with Crippen molar-refractivity contribution in [3.63, 3.8) is 0 Å². The van der Waals surface area contributed by atoms with Crippen molar-refractivity contribution < 1.29 is 14.1 Å². The minimum atomic E-state index is -0.518. The van der Waals surface area contributed by atoms with Crippen LogP contribution in [0, 0.1) is 0 Å². The van der Waals surface area contributed by atoms with E-state index >= 15 is 0 Å². The first-order chi connectivity index (χ1) is 11.7. The van der Waals surface area contributed by atoms with Crippen molar-refractivity contribution in [1.29, 1.82) is 0 Å². The third kappa shape index (κ3) is 4.15. The summed E-state index contributed by atoms with van der Waals surface area (Å²) in [5.74, 6) is 1.01. The predicted octanol–water partition coefficient (Wildman–Crippen LogP) is 4.22. The highest BCUT2D eigenvalue weighted by Crippen LogP contribution is 2.31. The van der Waals surface area contributed by atoms with Crippen LogP contribution in [0.5, 0.6) is 0 Å². The average Bonchev–Trinajstić information content (AvgIpc) is 3.14. The van der Waals surface area contributed by atoms with Crippen LogP contribution in [0.15, 0.2) is 16.8 Å². The van der Waals surface area contributed by atoms with Crippen molar-refractivity contribution in [2.24, 2.45) is 0 Å². The highest BCUT2D eigenvalue weighted by molar-refractivity contribution is 6.30. The Labute approximate surface area is 151 Å². The molecule has 25 heavy (non-hydrogen) atoms. The number of amides is 1. The number of aromatic amines is 1. The number of carbonyl (C=O) groups excluding carboxylic acids is 1. The molecule has 2 atom stereocenters. The first kappa shape index (κ1) is 17.8. The zero-order chi connectivity index (χ0) is 18.2. The van der Waals surface area contributed by atoms with Crippen LogP contribution in [-0.2, 0) is 4.74 Å². The molecule has 1 aliphatic rings. The normalized spacial score (nSPS) is 21.4. The topological polar surface area (TPSA) is 84.3 Å². The second-order valence-corrected chi connectivity index (χ2v) is 7.88. The summed E-state index contributed by atoms with van der Waals surface area (Å²) in [4.78, 5) is 21.7. The molecule has 0 spiro atoms. The molecule has 7 nitrogen and oxygen atoms in total. The number of halogens is 1. The number of ether oxygens (including phenoxy) is 1. The summed E-state index contributed by atoms with van der Waals surface area (Å²) in [6, 6.07) is 1.86. The van der Waals surface area contributed by atoms with Crippen LogP contribution in [0.4, 0.5) is 4.79 Å². The molecule has 1 aliphatic heterocycles. The molecule has 0 aliphatic carbocycles. The number of rotatable bonds is 2. The maximum atomic E-state index is 12.5. The Morgan fingerprint density at radius 3 is 2.84 bits per heavy atom. The standard InChI is InChI=1S/C17H23ClN4O3/c1-10-5-6-11(9-22(10)16(23)24-17(2,3)4)14-20-15(25-21-14)13-7-12(18)8-19-13/h7-8,10-11,19H,5-6,9H2,1-4H3. The van der Waals surface area contributed by atoms with Gasteiger partial charge in [0.1, 0.15) is 11.3 Å². The highest BCUT2D eigenvalue weighted by Gasteiger charge is 2.34. The van der Waals surface area contributed by atoms with Crippen molar-refractivity contribution in [2.75, 3.05) is 6.54 Å². The van der Waals surface area contributed by atoms with Crippen LogP contribution in [-0.4, -0.2) is 44.3 Å². The Morgan fingerprint density at radius 1 is 1.44 bits per heavy atom. The van der Waals surface area contributed by atoms with Gasteiger partial charge < -0.3 is 19.1 Å². The van der Waals surface area contributed by atoms with Crippen LogP contribution in [0.3, 0.4) is 0 Å². The third-order valence-corrected chi connectivity index (χ3v) is 4.41. The molecular weight excluding hydrogens is 344 g/mol. The van der Waals surface area contributed by atoms with E-state index in [2.05, 4.69) is 15.1 Å². The quantitative estimate of drug-likeness (QED) is 0.860. The zero-order valence-corrected chi connectivity index (χ0v) is 15.6. The van der Waals surface area contributed by atoms with Gasteiger partial charge in [-0.05, 0) is 46.6 Å². The number of H-pyrrole nitrogens is 1. The van der Waals surface area contributed by atoms with Gasteiger partial charge in [-0.3, -0.25) is 0 Å². The summed E-state index contributed by atoms with van der Waals surface area (Å²) in [7, 11) is 0. The van der Waals surface area contributed by atoms with Gasteiger partial charge in [0, 0.05) is 24.7 Å².